The van der Waals surface area contributed by atoms with Crippen molar-refractivity contribution in [1.82, 2.24) is 5.32 Å². The second-order valence-electron chi connectivity index (χ2n) is 6.06. The van der Waals surface area contributed by atoms with E-state index in [2.05, 4.69) is 26.1 Å². The van der Waals surface area contributed by atoms with Gasteiger partial charge in [-0.1, -0.05) is 13.8 Å². The van der Waals surface area contributed by atoms with E-state index < -0.39 is 0 Å². The summed E-state index contributed by atoms with van der Waals surface area (Å²) in [6.07, 6.45) is 7.57. The molecule has 5 unspecified atom stereocenters. The first-order chi connectivity index (χ1) is 7.65. The largest absolute Gasteiger partial charge is 0.374 e. The topological polar surface area (TPSA) is 21.3 Å². The lowest BCUT2D eigenvalue weighted by atomic mass is 9.80. The van der Waals surface area contributed by atoms with Crippen LogP contribution < -0.4 is 5.32 Å². The fourth-order valence-corrected chi connectivity index (χ4v) is 3.29. The van der Waals surface area contributed by atoms with Gasteiger partial charge in [-0.2, -0.15) is 0 Å². The van der Waals surface area contributed by atoms with Gasteiger partial charge in [-0.25, -0.2) is 0 Å². The molecule has 2 nitrogen and oxygen atoms in total. The summed E-state index contributed by atoms with van der Waals surface area (Å²) in [5.74, 6) is 1.76. The SMILES string of the molecule is CC1CCC(NCC2CCC(C)O2)C(C)C1. The minimum Gasteiger partial charge on any atom is -0.374 e. The van der Waals surface area contributed by atoms with Crippen molar-refractivity contribution in [2.45, 2.75) is 71.1 Å². The monoisotopic (exact) mass is 225 g/mol. The first kappa shape index (κ1) is 12.4. The second-order valence-corrected chi connectivity index (χ2v) is 6.06. The van der Waals surface area contributed by atoms with Crippen molar-refractivity contribution in [1.29, 1.82) is 0 Å². The van der Waals surface area contributed by atoms with Gasteiger partial charge in [-0.15, -0.1) is 0 Å². The Morgan fingerprint density at radius 2 is 1.88 bits per heavy atom. The van der Waals surface area contributed by atoms with Crippen molar-refractivity contribution < 1.29 is 4.74 Å². The van der Waals surface area contributed by atoms with Crippen molar-refractivity contribution in [2.75, 3.05) is 6.54 Å². The third-order valence-corrected chi connectivity index (χ3v) is 4.36. The van der Waals surface area contributed by atoms with Gasteiger partial charge in [0.25, 0.3) is 0 Å². The first-order valence-corrected chi connectivity index (χ1v) is 7.04. The van der Waals surface area contributed by atoms with Crippen LogP contribution in [0.3, 0.4) is 0 Å². The van der Waals surface area contributed by atoms with Gasteiger partial charge in [0.2, 0.25) is 0 Å². The molecular formula is C14H27NO. The zero-order valence-electron chi connectivity index (χ0n) is 11.0. The average molecular weight is 225 g/mol. The highest BCUT2D eigenvalue weighted by Crippen LogP contribution is 2.29. The molecule has 0 spiro atoms. The Morgan fingerprint density at radius 1 is 1.06 bits per heavy atom. The van der Waals surface area contributed by atoms with Crippen LogP contribution in [-0.2, 0) is 4.74 Å². The molecule has 0 radical (unpaired) electrons. The van der Waals surface area contributed by atoms with Gasteiger partial charge in [-0.05, 0) is 50.9 Å². The molecule has 1 saturated carbocycles. The number of rotatable bonds is 3. The molecule has 16 heavy (non-hydrogen) atoms. The number of ether oxygens (including phenoxy) is 1. The first-order valence-electron chi connectivity index (χ1n) is 7.04. The Morgan fingerprint density at radius 3 is 2.50 bits per heavy atom. The summed E-state index contributed by atoms with van der Waals surface area (Å²) in [4.78, 5) is 0. The van der Waals surface area contributed by atoms with Crippen molar-refractivity contribution in [2.24, 2.45) is 11.8 Å². The molecule has 0 amide bonds. The molecule has 2 fully saturated rings. The Labute approximate surface area is 100 Å². The Balaban J connectivity index is 1.69. The van der Waals surface area contributed by atoms with Crippen LogP contribution in [0.25, 0.3) is 0 Å². The number of hydrogen-bond donors (Lipinski definition) is 1. The maximum atomic E-state index is 5.85. The van der Waals surface area contributed by atoms with E-state index >= 15 is 0 Å². The molecule has 0 aromatic carbocycles. The minimum absolute atomic E-state index is 0.474. The van der Waals surface area contributed by atoms with Gasteiger partial charge >= 0.3 is 0 Å². The smallest absolute Gasteiger partial charge is 0.0704 e. The Kier molecular flexibility index (Phi) is 4.26. The maximum Gasteiger partial charge on any atom is 0.0704 e. The summed E-state index contributed by atoms with van der Waals surface area (Å²) < 4.78 is 5.85. The highest BCUT2D eigenvalue weighted by atomic mass is 16.5. The van der Waals surface area contributed by atoms with Crippen LogP contribution in [0, 0.1) is 11.8 Å². The van der Waals surface area contributed by atoms with E-state index in [1.165, 1.54) is 32.1 Å². The summed E-state index contributed by atoms with van der Waals surface area (Å²) in [6, 6.07) is 0.732. The lowest BCUT2D eigenvalue weighted by Gasteiger charge is -2.34. The van der Waals surface area contributed by atoms with Gasteiger partial charge in [0.05, 0.1) is 12.2 Å². The highest BCUT2D eigenvalue weighted by molar-refractivity contribution is 4.83. The van der Waals surface area contributed by atoms with Crippen molar-refractivity contribution in [3.05, 3.63) is 0 Å². The third-order valence-electron chi connectivity index (χ3n) is 4.36. The molecule has 1 aliphatic carbocycles. The Hall–Kier alpha value is -0.0800. The Bertz CT molecular complexity index is 219. The minimum atomic E-state index is 0.474. The van der Waals surface area contributed by atoms with Crippen LogP contribution in [0.4, 0.5) is 0 Å². The highest BCUT2D eigenvalue weighted by Gasteiger charge is 2.27. The molecule has 0 aromatic rings. The van der Waals surface area contributed by atoms with Crippen molar-refractivity contribution >= 4 is 0 Å². The summed E-state index contributed by atoms with van der Waals surface area (Å²) in [6.45, 7) is 8.03. The van der Waals surface area contributed by atoms with Gasteiger partial charge in [0, 0.05) is 12.6 Å². The molecule has 1 heterocycles. The summed E-state index contributed by atoms with van der Waals surface area (Å²) in [7, 11) is 0. The van der Waals surface area contributed by atoms with Crippen LogP contribution in [0.1, 0.15) is 52.9 Å². The molecule has 2 rings (SSSR count). The molecule has 5 atom stereocenters. The maximum absolute atomic E-state index is 5.85. The number of hydrogen-bond acceptors (Lipinski definition) is 2. The van der Waals surface area contributed by atoms with E-state index in [-0.39, 0.29) is 0 Å². The van der Waals surface area contributed by atoms with Crippen LogP contribution in [0.2, 0.25) is 0 Å². The van der Waals surface area contributed by atoms with Crippen LogP contribution in [0.5, 0.6) is 0 Å². The number of nitrogens with one attached hydrogen (secondary N) is 1. The van der Waals surface area contributed by atoms with Crippen molar-refractivity contribution in [3.8, 4) is 0 Å². The molecule has 0 bridgehead atoms. The normalized spacial score (nSPS) is 44.8. The second kappa shape index (κ2) is 5.50. The van der Waals surface area contributed by atoms with E-state index in [1.54, 1.807) is 0 Å². The van der Waals surface area contributed by atoms with Crippen molar-refractivity contribution in [3.63, 3.8) is 0 Å². The average Bonchev–Trinajstić information content (AvgIpc) is 2.63. The lowest BCUT2D eigenvalue weighted by molar-refractivity contribution is 0.0511. The van der Waals surface area contributed by atoms with E-state index in [0.717, 1.165) is 24.4 Å². The molecule has 94 valence electrons. The van der Waals surface area contributed by atoms with Crippen LogP contribution >= 0.6 is 0 Å². The van der Waals surface area contributed by atoms with Crippen LogP contribution in [0.15, 0.2) is 0 Å². The van der Waals surface area contributed by atoms with Gasteiger partial charge in [0.15, 0.2) is 0 Å². The molecule has 2 heteroatoms. The molecule has 0 aromatic heterocycles. The third kappa shape index (κ3) is 3.21. The standard InChI is InChI=1S/C14H27NO/c1-10-4-7-14(11(2)8-10)15-9-13-6-5-12(3)16-13/h10-15H,4-9H2,1-3H3. The van der Waals surface area contributed by atoms with E-state index in [9.17, 15) is 0 Å². The summed E-state index contributed by atoms with van der Waals surface area (Å²) in [5.41, 5.74) is 0. The molecule has 1 N–H and O–H groups in total. The summed E-state index contributed by atoms with van der Waals surface area (Å²) >= 11 is 0. The van der Waals surface area contributed by atoms with Gasteiger partial charge < -0.3 is 10.1 Å². The fourth-order valence-electron chi connectivity index (χ4n) is 3.29. The molecule has 1 saturated heterocycles. The zero-order valence-corrected chi connectivity index (χ0v) is 11.0. The van der Waals surface area contributed by atoms with Crippen LogP contribution in [-0.4, -0.2) is 24.8 Å². The molecule has 2 aliphatic rings. The quantitative estimate of drug-likeness (QED) is 0.797. The zero-order chi connectivity index (χ0) is 11.5. The summed E-state index contributed by atoms with van der Waals surface area (Å²) in [5, 5.41) is 3.73. The molecular weight excluding hydrogens is 198 g/mol. The fraction of sp³-hybridized carbons (Fsp3) is 1.00. The van der Waals surface area contributed by atoms with E-state index in [1.807, 2.05) is 0 Å². The van der Waals surface area contributed by atoms with Gasteiger partial charge in [0.1, 0.15) is 0 Å². The molecule has 1 aliphatic heterocycles. The predicted octanol–water partition coefficient (Wildman–Crippen LogP) is 2.97. The van der Waals surface area contributed by atoms with E-state index in [4.69, 9.17) is 4.74 Å². The van der Waals surface area contributed by atoms with E-state index in [0.29, 0.717) is 12.2 Å². The lowest BCUT2D eigenvalue weighted by Crippen LogP contribution is -2.42. The predicted molar refractivity (Wildman–Crippen MR) is 67.5 cm³/mol. The van der Waals surface area contributed by atoms with Gasteiger partial charge in [-0.3, -0.25) is 0 Å².